The molecule has 1 aliphatic rings. The zero-order valence-corrected chi connectivity index (χ0v) is 16.7. The molecule has 12 heteroatoms. The molecule has 4 amide bonds. The Kier molecular flexibility index (Phi) is 6.14. The summed E-state index contributed by atoms with van der Waals surface area (Å²) in [5.41, 5.74) is -0.147. The van der Waals surface area contributed by atoms with Gasteiger partial charge in [-0.25, -0.2) is 33.0 Å². The highest BCUT2D eigenvalue weighted by Crippen LogP contribution is 2.33. The highest BCUT2D eigenvalue weighted by Gasteiger charge is 2.42. The van der Waals surface area contributed by atoms with Crippen molar-refractivity contribution in [2.75, 3.05) is 7.11 Å². The lowest BCUT2D eigenvalue weighted by molar-refractivity contribution is -0.384. The zero-order chi connectivity index (χ0) is 23.6. The van der Waals surface area contributed by atoms with Crippen LogP contribution < -0.4 is 4.74 Å². The standard InChI is InChI=1S/C20H15F2N3O7/c1-11-9-17(12-3-8-15(21)16(22)10-12)24(18(26)23(11)19(27)31-2)20(28)32-14-6-4-13(5-7-14)25(29)30/h3-10,17H,1-2H3. The Morgan fingerprint density at radius 1 is 1.06 bits per heavy atom. The molecule has 0 spiro atoms. The first-order chi connectivity index (χ1) is 15.1. The van der Waals surface area contributed by atoms with Crippen molar-refractivity contribution in [3.63, 3.8) is 0 Å². The Morgan fingerprint density at radius 2 is 1.72 bits per heavy atom. The van der Waals surface area contributed by atoms with Crippen LogP contribution >= 0.6 is 0 Å². The second-order valence-corrected chi connectivity index (χ2v) is 6.50. The van der Waals surface area contributed by atoms with E-state index in [0.29, 0.717) is 9.80 Å². The fourth-order valence-corrected chi connectivity index (χ4v) is 2.99. The quantitative estimate of drug-likeness (QED) is 0.501. The summed E-state index contributed by atoms with van der Waals surface area (Å²) in [7, 11) is 1.03. The molecule has 0 saturated heterocycles. The third-order valence-electron chi connectivity index (χ3n) is 4.52. The van der Waals surface area contributed by atoms with Crippen LogP contribution in [0.4, 0.5) is 28.9 Å². The van der Waals surface area contributed by atoms with Gasteiger partial charge in [0.2, 0.25) is 0 Å². The molecule has 1 atom stereocenters. The lowest BCUT2D eigenvalue weighted by Crippen LogP contribution is -2.53. The molecule has 1 heterocycles. The monoisotopic (exact) mass is 447 g/mol. The maximum Gasteiger partial charge on any atom is 0.424 e. The minimum atomic E-state index is -1.27. The van der Waals surface area contributed by atoms with Gasteiger partial charge in [-0.15, -0.1) is 0 Å². The second-order valence-electron chi connectivity index (χ2n) is 6.50. The van der Waals surface area contributed by atoms with Crippen LogP contribution in [0.25, 0.3) is 0 Å². The fourth-order valence-electron chi connectivity index (χ4n) is 2.99. The maximum absolute atomic E-state index is 13.8. The number of imide groups is 2. The van der Waals surface area contributed by atoms with Crippen molar-refractivity contribution in [2.45, 2.75) is 13.0 Å². The molecular formula is C20H15F2N3O7. The summed E-state index contributed by atoms with van der Waals surface area (Å²) in [5, 5.41) is 10.8. The molecule has 0 aliphatic carbocycles. The molecule has 0 saturated carbocycles. The van der Waals surface area contributed by atoms with Crippen molar-refractivity contribution >= 4 is 23.9 Å². The van der Waals surface area contributed by atoms with E-state index in [-0.39, 0.29) is 22.7 Å². The number of hydrogen-bond acceptors (Lipinski definition) is 7. The van der Waals surface area contributed by atoms with Crippen LogP contribution in [0.15, 0.2) is 54.2 Å². The summed E-state index contributed by atoms with van der Waals surface area (Å²) < 4.78 is 36.9. The van der Waals surface area contributed by atoms with Gasteiger partial charge in [0.25, 0.3) is 5.69 Å². The van der Waals surface area contributed by atoms with Gasteiger partial charge in [-0.1, -0.05) is 6.07 Å². The molecule has 0 N–H and O–H groups in total. The normalized spacial score (nSPS) is 15.8. The number of carbonyl (C=O) groups excluding carboxylic acids is 3. The minimum absolute atomic E-state index is 0.0294. The summed E-state index contributed by atoms with van der Waals surface area (Å²) in [6, 6.07) is 4.83. The number of allylic oxidation sites excluding steroid dienone is 1. The van der Waals surface area contributed by atoms with Gasteiger partial charge in [-0.3, -0.25) is 10.1 Å². The first-order valence-electron chi connectivity index (χ1n) is 8.95. The third kappa shape index (κ3) is 4.24. The number of nitro benzene ring substituents is 1. The Labute approximate surface area is 179 Å². The Bertz CT molecular complexity index is 1130. The number of halogens is 2. The molecule has 0 bridgehead atoms. The van der Waals surface area contributed by atoms with Crippen molar-refractivity contribution in [3.05, 3.63) is 81.5 Å². The SMILES string of the molecule is COC(=O)N1C(=O)N(C(=O)Oc2ccc([N+](=O)[O-])cc2)C(c2ccc(F)c(F)c2)C=C1C. The van der Waals surface area contributed by atoms with Gasteiger partial charge in [-0.2, -0.15) is 0 Å². The fraction of sp³-hybridized carbons (Fsp3) is 0.150. The van der Waals surface area contributed by atoms with Crippen LogP contribution in [0.3, 0.4) is 0 Å². The van der Waals surface area contributed by atoms with E-state index in [0.717, 1.165) is 43.5 Å². The molecular weight excluding hydrogens is 432 g/mol. The van der Waals surface area contributed by atoms with Gasteiger partial charge in [-0.05, 0) is 42.8 Å². The van der Waals surface area contributed by atoms with Crippen molar-refractivity contribution in [3.8, 4) is 5.75 Å². The second kappa shape index (κ2) is 8.79. The number of carbonyl (C=O) groups is 3. The number of methoxy groups -OCH3 is 1. The van der Waals surface area contributed by atoms with Crippen LogP contribution in [-0.4, -0.2) is 40.1 Å². The van der Waals surface area contributed by atoms with E-state index in [1.807, 2.05) is 0 Å². The van der Waals surface area contributed by atoms with Gasteiger partial charge < -0.3 is 9.47 Å². The molecule has 1 aliphatic heterocycles. The van der Waals surface area contributed by atoms with Crippen LogP contribution in [0, 0.1) is 21.7 Å². The molecule has 0 fully saturated rings. The largest absolute Gasteiger partial charge is 0.452 e. The first kappa shape index (κ1) is 22.3. The van der Waals surface area contributed by atoms with E-state index in [4.69, 9.17) is 4.74 Å². The summed E-state index contributed by atoms with van der Waals surface area (Å²) in [5.74, 6) is -2.47. The predicted octanol–water partition coefficient (Wildman–Crippen LogP) is 4.52. The lowest BCUT2D eigenvalue weighted by atomic mass is 10.0. The molecule has 3 rings (SSSR count). The Morgan fingerprint density at radius 3 is 2.28 bits per heavy atom. The number of benzene rings is 2. The summed E-state index contributed by atoms with van der Waals surface area (Å²) in [6.07, 6.45) is -1.06. The average molecular weight is 447 g/mol. The number of urea groups is 1. The van der Waals surface area contributed by atoms with Gasteiger partial charge in [0, 0.05) is 17.8 Å². The molecule has 166 valence electrons. The average Bonchev–Trinajstić information content (AvgIpc) is 2.75. The van der Waals surface area contributed by atoms with Gasteiger partial charge in [0.05, 0.1) is 18.1 Å². The topological polar surface area (TPSA) is 119 Å². The van der Waals surface area contributed by atoms with Crippen molar-refractivity contribution in [2.24, 2.45) is 0 Å². The molecule has 10 nitrogen and oxygen atoms in total. The lowest BCUT2D eigenvalue weighted by Gasteiger charge is -2.36. The molecule has 0 radical (unpaired) electrons. The van der Waals surface area contributed by atoms with E-state index in [1.54, 1.807) is 0 Å². The van der Waals surface area contributed by atoms with E-state index in [9.17, 15) is 33.3 Å². The molecule has 2 aromatic carbocycles. The summed E-state index contributed by atoms with van der Waals surface area (Å²) in [6.45, 7) is 1.39. The van der Waals surface area contributed by atoms with Crippen LogP contribution in [0.5, 0.6) is 5.75 Å². The molecule has 0 aromatic heterocycles. The molecule has 1 unspecified atom stereocenters. The first-order valence-corrected chi connectivity index (χ1v) is 8.95. The van der Waals surface area contributed by atoms with Crippen molar-refractivity contribution < 1.29 is 37.6 Å². The number of hydrogen-bond donors (Lipinski definition) is 0. The highest BCUT2D eigenvalue weighted by molar-refractivity contribution is 6.02. The minimum Gasteiger partial charge on any atom is -0.452 e. The van der Waals surface area contributed by atoms with E-state index >= 15 is 0 Å². The van der Waals surface area contributed by atoms with Crippen LogP contribution in [-0.2, 0) is 4.74 Å². The smallest absolute Gasteiger partial charge is 0.424 e. The van der Waals surface area contributed by atoms with Gasteiger partial charge in [0.1, 0.15) is 5.75 Å². The summed E-state index contributed by atoms with van der Waals surface area (Å²) in [4.78, 5) is 49.1. The zero-order valence-electron chi connectivity index (χ0n) is 16.7. The Balaban J connectivity index is 2.01. The van der Waals surface area contributed by atoms with Crippen LogP contribution in [0.2, 0.25) is 0 Å². The van der Waals surface area contributed by atoms with Crippen molar-refractivity contribution in [1.82, 2.24) is 9.80 Å². The number of nitrogens with zero attached hydrogens (tertiary/aromatic N) is 3. The number of rotatable bonds is 3. The van der Waals surface area contributed by atoms with E-state index < -0.39 is 40.8 Å². The Hall–Kier alpha value is -4.35. The van der Waals surface area contributed by atoms with Gasteiger partial charge in [0.15, 0.2) is 11.6 Å². The molecule has 32 heavy (non-hydrogen) atoms. The number of non-ortho nitro benzene ring substituents is 1. The van der Waals surface area contributed by atoms with E-state index in [2.05, 4.69) is 4.74 Å². The number of ether oxygens (including phenoxy) is 2. The summed E-state index contributed by atoms with van der Waals surface area (Å²) >= 11 is 0. The van der Waals surface area contributed by atoms with E-state index in [1.165, 1.54) is 19.1 Å². The van der Waals surface area contributed by atoms with Crippen molar-refractivity contribution in [1.29, 1.82) is 0 Å². The van der Waals surface area contributed by atoms with Crippen LogP contribution in [0.1, 0.15) is 18.5 Å². The highest BCUT2D eigenvalue weighted by atomic mass is 19.2. The third-order valence-corrected chi connectivity index (χ3v) is 4.52. The number of amides is 4. The maximum atomic E-state index is 13.8. The number of nitro groups is 1. The van der Waals surface area contributed by atoms with Gasteiger partial charge >= 0.3 is 18.2 Å². The molecule has 2 aromatic rings. The predicted molar refractivity (Wildman–Crippen MR) is 103 cm³/mol.